The molecule has 1 unspecified atom stereocenters. The van der Waals surface area contributed by atoms with E-state index < -0.39 is 5.60 Å². The van der Waals surface area contributed by atoms with Gasteiger partial charge >= 0.3 is 5.97 Å². The number of carbonyl (C=O) groups is 1. The third-order valence-corrected chi connectivity index (χ3v) is 7.91. The molecule has 186 valence electrons. The number of hydrogen-bond acceptors (Lipinski definition) is 3. The van der Waals surface area contributed by atoms with Gasteiger partial charge in [-0.25, -0.2) is 4.79 Å². The smallest absolute Gasteiger partial charge is 0.341 e. The third-order valence-electron chi connectivity index (χ3n) is 7.91. The molecule has 1 aliphatic heterocycles. The van der Waals surface area contributed by atoms with Crippen molar-refractivity contribution in [3.63, 3.8) is 0 Å². The molecule has 2 aromatic carbocycles. The SMILES string of the molecule is CCn1c(C)c(C2(c3c(-c4ccccc4)cc4cccc(C)n34)OC(=O)c3cccnc32)c2ccccc21. The van der Waals surface area contributed by atoms with Crippen LogP contribution in [-0.2, 0) is 16.9 Å². The highest BCUT2D eigenvalue weighted by Gasteiger charge is 2.55. The topological polar surface area (TPSA) is 48.5 Å². The molecular formula is C33H27N3O2. The van der Waals surface area contributed by atoms with E-state index in [1.807, 2.05) is 24.3 Å². The van der Waals surface area contributed by atoms with Crippen LogP contribution in [0.1, 0.15) is 45.6 Å². The number of fused-ring (bicyclic) bond motifs is 3. The summed E-state index contributed by atoms with van der Waals surface area (Å²) in [5.74, 6) is -0.358. The second-order valence-corrected chi connectivity index (χ2v) is 9.89. The molecule has 0 bridgehead atoms. The summed E-state index contributed by atoms with van der Waals surface area (Å²) in [5, 5.41) is 1.06. The fraction of sp³-hybridized carbons (Fsp3) is 0.152. The minimum atomic E-state index is -1.25. The zero-order valence-electron chi connectivity index (χ0n) is 21.6. The molecule has 5 nitrogen and oxygen atoms in total. The largest absolute Gasteiger partial charge is 0.437 e. The first kappa shape index (κ1) is 22.5. The maximum atomic E-state index is 13.7. The lowest BCUT2D eigenvalue weighted by Gasteiger charge is -2.31. The van der Waals surface area contributed by atoms with E-state index in [1.165, 1.54) is 0 Å². The molecule has 1 aliphatic rings. The molecule has 4 aromatic heterocycles. The number of ether oxygens (including phenoxy) is 1. The fourth-order valence-electron chi connectivity index (χ4n) is 6.40. The maximum absolute atomic E-state index is 13.7. The van der Waals surface area contributed by atoms with Gasteiger partial charge in [0.1, 0.15) is 5.69 Å². The molecule has 0 amide bonds. The molecule has 38 heavy (non-hydrogen) atoms. The van der Waals surface area contributed by atoms with Crippen LogP contribution in [0, 0.1) is 13.8 Å². The van der Waals surface area contributed by atoms with Gasteiger partial charge < -0.3 is 13.7 Å². The molecule has 0 saturated heterocycles. The van der Waals surface area contributed by atoms with Gasteiger partial charge in [0.25, 0.3) is 0 Å². The maximum Gasteiger partial charge on any atom is 0.341 e. The van der Waals surface area contributed by atoms with Crippen molar-refractivity contribution in [2.24, 2.45) is 0 Å². The summed E-state index contributed by atoms with van der Waals surface area (Å²) in [5.41, 5.74) is 8.07. The molecule has 0 aliphatic carbocycles. The van der Waals surface area contributed by atoms with Crippen LogP contribution in [0.2, 0.25) is 0 Å². The minimum Gasteiger partial charge on any atom is -0.437 e. The summed E-state index contributed by atoms with van der Waals surface area (Å²) in [6.45, 7) is 7.16. The van der Waals surface area contributed by atoms with Gasteiger partial charge in [-0.2, -0.15) is 0 Å². The number of carbonyl (C=O) groups excluding carboxylic acids is 1. The van der Waals surface area contributed by atoms with E-state index in [9.17, 15) is 4.79 Å². The summed E-state index contributed by atoms with van der Waals surface area (Å²) in [6.07, 6.45) is 1.76. The van der Waals surface area contributed by atoms with Crippen LogP contribution < -0.4 is 0 Å². The summed E-state index contributed by atoms with van der Waals surface area (Å²) < 4.78 is 11.2. The van der Waals surface area contributed by atoms with Crippen molar-refractivity contribution in [2.75, 3.05) is 0 Å². The number of rotatable bonds is 4. The van der Waals surface area contributed by atoms with Gasteiger partial charge in [0.15, 0.2) is 0 Å². The number of para-hydroxylation sites is 1. The number of nitrogens with zero attached hydrogens (tertiary/aromatic N) is 3. The van der Waals surface area contributed by atoms with Crippen LogP contribution in [0.3, 0.4) is 0 Å². The standard InChI is InChI=1S/C33H27N3O2/c1-4-35-22(3)29(25-16-8-9-18-28(25)35)33(30-26(32(37)38-33)17-11-19-34-30)31-27(23-13-6-5-7-14-23)20-24-15-10-12-21(2)36(24)31/h5-20H,4H2,1-3H3. The van der Waals surface area contributed by atoms with E-state index >= 15 is 0 Å². The van der Waals surface area contributed by atoms with E-state index in [0.29, 0.717) is 11.3 Å². The molecule has 6 aromatic rings. The highest BCUT2D eigenvalue weighted by atomic mass is 16.6. The predicted octanol–water partition coefficient (Wildman–Crippen LogP) is 7.06. The first-order valence-electron chi connectivity index (χ1n) is 13.0. The molecule has 5 heterocycles. The number of esters is 1. The molecule has 1 atom stereocenters. The second-order valence-electron chi connectivity index (χ2n) is 9.89. The summed E-state index contributed by atoms with van der Waals surface area (Å²) in [6, 6.07) is 30.8. The Morgan fingerprint density at radius 2 is 1.66 bits per heavy atom. The van der Waals surface area contributed by atoms with E-state index in [4.69, 9.17) is 9.72 Å². The van der Waals surface area contributed by atoms with Crippen LogP contribution in [0.25, 0.3) is 27.5 Å². The Morgan fingerprint density at radius 1 is 0.868 bits per heavy atom. The van der Waals surface area contributed by atoms with Crippen LogP contribution >= 0.6 is 0 Å². The van der Waals surface area contributed by atoms with Gasteiger partial charge in [0.05, 0.1) is 11.3 Å². The third kappa shape index (κ3) is 2.87. The van der Waals surface area contributed by atoms with E-state index in [2.05, 4.69) is 90.4 Å². The normalized spacial score (nSPS) is 16.8. The molecule has 0 fully saturated rings. The Labute approximate surface area is 221 Å². The lowest BCUT2D eigenvalue weighted by atomic mass is 9.81. The average molecular weight is 498 g/mol. The molecule has 0 radical (unpaired) electrons. The predicted molar refractivity (Wildman–Crippen MR) is 149 cm³/mol. The van der Waals surface area contributed by atoms with Gasteiger partial charge in [-0.1, -0.05) is 54.6 Å². The number of aryl methyl sites for hydroxylation is 2. The van der Waals surface area contributed by atoms with Crippen LogP contribution in [0.4, 0.5) is 0 Å². The molecule has 0 saturated carbocycles. The van der Waals surface area contributed by atoms with Crippen LogP contribution in [-0.4, -0.2) is 19.9 Å². The molecule has 0 N–H and O–H groups in total. The number of aromatic nitrogens is 3. The lowest BCUT2D eigenvalue weighted by Crippen LogP contribution is -2.33. The van der Waals surface area contributed by atoms with E-state index in [0.717, 1.165) is 56.7 Å². The van der Waals surface area contributed by atoms with Gasteiger partial charge in [-0.05, 0) is 62.7 Å². The Balaban J connectivity index is 1.74. The zero-order chi connectivity index (χ0) is 26.0. The lowest BCUT2D eigenvalue weighted by molar-refractivity contribution is 0.0232. The number of hydrogen-bond donors (Lipinski definition) is 0. The van der Waals surface area contributed by atoms with Crippen molar-refractivity contribution in [3.8, 4) is 11.1 Å². The van der Waals surface area contributed by atoms with Crippen molar-refractivity contribution < 1.29 is 9.53 Å². The molecular weight excluding hydrogens is 470 g/mol. The number of pyridine rings is 2. The van der Waals surface area contributed by atoms with Crippen molar-refractivity contribution >= 4 is 22.4 Å². The monoisotopic (exact) mass is 497 g/mol. The van der Waals surface area contributed by atoms with Gasteiger partial charge in [-0.15, -0.1) is 0 Å². The molecule has 5 heteroatoms. The van der Waals surface area contributed by atoms with Crippen molar-refractivity contribution in [3.05, 3.63) is 131 Å². The Kier molecular flexibility index (Phi) is 4.86. The van der Waals surface area contributed by atoms with E-state index in [-0.39, 0.29) is 5.97 Å². The van der Waals surface area contributed by atoms with Crippen LogP contribution in [0.5, 0.6) is 0 Å². The Morgan fingerprint density at radius 3 is 2.47 bits per heavy atom. The summed E-state index contributed by atoms with van der Waals surface area (Å²) in [4.78, 5) is 18.5. The second kappa shape index (κ2) is 8.18. The first-order valence-corrected chi connectivity index (χ1v) is 13.0. The zero-order valence-corrected chi connectivity index (χ0v) is 21.6. The van der Waals surface area contributed by atoms with Gasteiger partial charge in [0.2, 0.25) is 5.60 Å². The van der Waals surface area contributed by atoms with Crippen molar-refractivity contribution in [1.29, 1.82) is 0 Å². The minimum absolute atomic E-state index is 0.358. The highest BCUT2D eigenvalue weighted by Crippen LogP contribution is 2.53. The van der Waals surface area contributed by atoms with Crippen molar-refractivity contribution in [1.82, 2.24) is 14.0 Å². The summed E-state index contributed by atoms with van der Waals surface area (Å²) >= 11 is 0. The van der Waals surface area contributed by atoms with E-state index in [1.54, 1.807) is 12.3 Å². The van der Waals surface area contributed by atoms with Crippen molar-refractivity contribution in [2.45, 2.75) is 32.9 Å². The average Bonchev–Trinajstić information content (AvgIpc) is 3.58. The molecule has 0 spiro atoms. The quantitative estimate of drug-likeness (QED) is 0.245. The highest BCUT2D eigenvalue weighted by molar-refractivity contribution is 5.99. The first-order chi connectivity index (χ1) is 18.6. The number of cyclic esters (lactones) is 1. The van der Waals surface area contributed by atoms with Gasteiger partial charge in [-0.3, -0.25) is 4.98 Å². The van der Waals surface area contributed by atoms with Crippen LogP contribution in [0.15, 0.2) is 97.2 Å². The fourth-order valence-corrected chi connectivity index (χ4v) is 6.40. The summed E-state index contributed by atoms with van der Waals surface area (Å²) in [7, 11) is 0. The molecule has 7 rings (SSSR count). The van der Waals surface area contributed by atoms with Gasteiger partial charge in [0, 0.05) is 51.7 Å². The Bertz CT molecular complexity index is 1880. The Hall–Kier alpha value is -4.64. The number of benzene rings is 2.